The Hall–Kier alpha value is -3.35. The Balaban J connectivity index is 1.72. The molecule has 0 saturated carbocycles. The third-order valence-electron chi connectivity index (χ3n) is 3.99. The molecule has 7 heteroatoms. The Kier molecular flexibility index (Phi) is 5.17. The highest BCUT2D eigenvalue weighted by atomic mass is 16.5. The molecule has 26 heavy (non-hydrogen) atoms. The smallest absolute Gasteiger partial charge is 0.339 e. The number of amides is 1. The molecular formula is C19H20N4O3. The van der Waals surface area contributed by atoms with Gasteiger partial charge >= 0.3 is 5.97 Å². The lowest BCUT2D eigenvalue weighted by Gasteiger charge is -2.03. The number of hydrogen-bond acceptors (Lipinski definition) is 5. The second kappa shape index (κ2) is 7.69. The van der Waals surface area contributed by atoms with E-state index in [0.717, 1.165) is 12.0 Å². The molecular weight excluding hydrogens is 332 g/mol. The summed E-state index contributed by atoms with van der Waals surface area (Å²) in [6.45, 7) is 2.06. The molecule has 0 spiro atoms. The number of carbonyl (C=O) groups excluding carboxylic acids is 2. The molecule has 134 valence electrons. The number of rotatable bonds is 6. The lowest BCUT2D eigenvalue weighted by Crippen LogP contribution is -2.13. The molecule has 1 aromatic heterocycles. The van der Waals surface area contributed by atoms with Crippen LogP contribution < -0.4 is 11.2 Å². The van der Waals surface area contributed by atoms with Crippen LogP contribution in [0.3, 0.4) is 0 Å². The van der Waals surface area contributed by atoms with E-state index >= 15 is 0 Å². The third-order valence-corrected chi connectivity index (χ3v) is 3.99. The highest BCUT2D eigenvalue weighted by Gasteiger charge is 2.22. The summed E-state index contributed by atoms with van der Waals surface area (Å²) in [5.74, 6) is -0.661. The number of nitrogens with zero attached hydrogens (tertiary/aromatic N) is 1. The van der Waals surface area contributed by atoms with E-state index in [4.69, 9.17) is 10.5 Å². The molecule has 1 amide bonds. The molecule has 0 fully saturated rings. The largest absolute Gasteiger partial charge is 0.462 e. The van der Waals surface area contributed by atoms with Gasteiger partial charge in [-0.1, -0.05) is 12.1 Å². The van der Waals surface area contributed by atoms with Crippen LogP contribution in [-0.4, -0.2) is 29.2 Å². The first-order valence-electron chi connectivity index (χ1n) is 8.35. The zero-order valence-corrected chi connectivity index (χ0v) is 14.4. The number of carbonyl (C=O) groups is 2. The predicted molar refractivity (Wildman–Crippen MR) is 99.5 cm³/mol. The van der Waals surface area contributed by atoms with Gasteiger partial charge in [0.05, 0.1) is 23.5 Å². The van der Waals surface area contributed by atoms with Crippen LogP contribution in [0.1, 0.15) is 35.0 Å². The van der Waals surface area contributed by atoms with Crippen molar-refractivity contribution in [2.24, 2.45) is 5.10 Å². The summed E-state index contributed by atoms with van der Waals surface area (Å²) >= 11 is 0. The molecule has 0 unspecified atom stereocenters. The Morgan fingerprint density at radius 2 is 2.04 bits per heavy atom. The van der Waals surface area contributed by atoms with Gasteiger partial charge < -0.3 is 15.5 Å². The summed E-state index contributed by atoms with van der Waals surface area (Å²) in [4.78, 5) is 26.8. The molecule has 0 saturated heterocycles. The van der Waals surface area contributed by atoms with Crippen molar-refractivity contribution >= 4 is 29.4 Å². The van der Waals surface area contributed by atoms with Crippen LogP contribution >= 0.6 is 0 Å². The van der Waals surface area contributed by atoms with Gasteiger partial charge in [-0.05, 0) is 49.6 Å². The van der Waals surface area contributed by atoms with Crippen molar-refractivity contribution in [1.29, 1.82) is 0 Å². The van der Waals surface area contributed by atoms with Crippen molar-refractivity contribution in [3.05, 3.63) is 58.9 Å². The third kappa shape index (κ3) is 4.00. The zero-order chi connectivity index (χ0) is 18.5. The predicted octanol–water partition coefficient (Wildman–Crippen LogP) is 2.28. The monoisotopic (exact) mass is 352 g/mol. The Morgan fingerprint density at radius 1 is 1.27 bits per heavy atom. The number of aryl methyl sites for hydroxylation is 1. The van der Waals surface area contributed by atoms with Gasteiger partial charge in [-0.2, -0.15) is 5.10 Å². The van der Waals surface area contributed by atoms with Gasteiger partial charge in [-0.15, -0.1) is 0 Å². The number of nitrogen functional groups attached to an aromatic ring is 1. The highest BCUT2D eigenvalue weighted by Crippen LogP contribution is 2.17. The topological polar surface area (TPSA) is 110 Å². The molecule has 1 aromatic carbocycles. The zero-order valence-electron chi connectivity index (χ0n) is 14.4. The van der Waals surface area contributed by atoms with Crippen LogP contribution in [-0.2, 0) is 16.0 Å². The minimum atomic E-state index is -0.401. The molecule has 0 aliphatic carbocycles. The quantitative estimate of drug-likeness (QED) is 0.421. The lowest BCUT2D eigenvalue weighted by molar-refractivity contribution is -0.116. The van der Waals surface area contributed by atoms with Crippen molar-refractivity contribution in [1.82, 2.24) is 10.4 Å². The number of esters is 1. The molecule has 1 aliphatic heterocycles. The SMILES string of the molecule is CCOC(=O)c1c[nH]c(/C=C2/C(=O)NN=C2CCc2ccc(N)cc2)c1. The Morgan fingerprint density at radius 3 is 2.77 bits per heavy atom. The average molecular weight is 352 g/mol. The van der Waals surface area contributed by atoms with Crippen molar-refractivity contribution in [3.8, 4) is 0 Å². The minimum absolute atomic E-state index is 0.260. The highest BCUT2D eigenvalue weighted by molar-refractivity contribution is 6.27. The summed E-state index contributed by atoms with van der Waals surface area (Å²) in [6, 6.07) is 9.26. The number of aromatic amines is 1. The van der Waals surface area contributed by atoms with Crippen LogP contribution in [0.15, 0.2) is 47.2 Å². The first-order valence-corrected chi connectivity index (χ1v) is 8.35. The lowest BCUT2D eigenvalue weighted by atomic mass is 10.0. The molecule has 7 nitrogen and oxygen atoms in total. The number of H-pyrrole nitrogens is 1. The normalized spacial score (nSPS) is 15.0. The summed E-state index contributed by atoms with van der Waals surface area (Å²) in [5, 5.41) is 4.12. The first-order chi connectivity index (χ1) is 12.6. The maximum Gasteiger partial charge on any atom is 0.339 e. The van der Waals surface area contributed by atoms with Gasteiger partial charge in [0.15, 0.2) is 0 Å². The summed E-state index contributed by atoms with van der Waals surface area (Å²) in [7, 11) is 0. The van der Waals surface area contributed by atoms with Gasteiger partial charge in [-0.25, -0.2) is 10.2 Å². The van der Waals surface area contributed by atoms with Gasteiger partial charge in [0, 0.05) is 17.6 Å². The molecule has 0 radical (unpaired) electrons. The molecule has 2 heterocycles. The van der Waals surface area contributed by atoms with Gasteiger partial charge in [0.25, 0.3) is 5.91 Å². The number of benzene rings is 1. The number of nitrogens with two attached hydrogens (primary N) is 1. The fourth-order valence-corrected chi connectivity index (χ4v) is 2.64. The number of nitrogens with one attached hydrogen (secondary N) is 2. The van der Waals surface area contributed by atoms with Gasteiger partial charge in [-0.3, -0.25) is 4.79 Å². The second-order valence-electron chi connectivity index (χ2n) is 5.86. The Bertz CT molecular complexity index is 878. The number of aromatic nitrogens is 1. The number of anilines is 1. The van der Waals surface area contributed by atoms with E-state index in [-0.39, 0.29) is 5.91 Å². The van der Waals surface area contributed by atoms with Gasteiger partial charge in [0.1, 0.15) is 0 Å². The fourth-order valence-electron chi connectivity index (χ4n) is 2.64. The van der Waals surface area contributed by atoms with Crippen molar-refractivity contribution in [3.63, 3.8) is 0 Å². The van der Waals surface area contributed by atoms with Crippen molar-refractivity contribution < 1.29 is 14.3 Å². The van der Waals surface area contributed by atoms with Crippen LogP contribution in [0.5, 0.6) is 0 Å². The number of ether oxygens (including phenoxy) is 1. The summed E-state index contributed by atoms with van der Waals surface area (Å²) in [6.07, 6.45) is 4.60. The minimum Gasteiger partial charge on any atom is -0.462 e. The average Bonchev–Trinajstić information content (AvgIpc) is 3.23. The molecule has 2 aromatic rings. The van der Waals surface area contributed by atoms with Crippen molar-refractivity contribution in [2.45, 2.75) is 19.8 Å². The molecule has 1 aliphatic rings. The van der Waals surface area contributed by atoms with Crippen LogP contribution in [0.4, 0.5) is 5.69 Å². The van der Waals surface area contributed by atoms with E-state index in [9.17, 15) is 9.59 Å². The summed E-state index contributed by atoms with van der Waals surface area (Å²) < 4.78 is 4.96. The first kappa shape index (κ1) is 17.5. The van der Waals surface area contributed by atoms with Crippen molar-refractivity contribution in [2.75, 3.05) is 12.3 Å². The second-order valence-corrected chi connectivity index (χ2v) is 5.86. The maximum atomic E-state index is 12.1. The van der Waals surface area contributed by atoms with E-state index in [1.54, 1.807) is 25.3 Å². The fraction of sp³-hybridized carbons (Fsp3) is 0.211. The molecule has 4 N–H and O–H groups in total. The molecule has 0 bridgehead atoms. The van der Waals surface area contributed by atoms with E-state index in [0.29, 0.717) is 41.3 Å². The standard InChI is InChI=1S/C19H20N4O3/c1-2-26-19(25)13-9-15(21-11-13)10-16-17(22-23-18(16)24)8-5-12-3-6-14(20)7-4-12/h3-4,6-7,9-11,21H,2,5,8,20H2,1H3,(H,23,24)/b16-10+. The van der Waals surface area contributed by atoms with Crippen LogP contribution in [0, 0.1) is 0 Å². The van der Waals surface area contributed by atoms with E-state index in [1.807, 2.05) is 24.3 Å². The van der Waals surface area contributed by atoms with E-state index in [2.05, 4.69) is 15.5 Å². The van der Waals surface area contributed by atoms with Gasteiger partial charge in [0.2, 0.25) is 0 Å². The van der Waals surface area contributed by atoms with Crippen LogP contribution in [0.2, 0.25) is 0 Å². The molecule has 3 rings (SSSR count). The maximum absolute atomic E-state index is 12.1. The van der Waals surface area contributed by atoms with E-state index < -0.39 is 5.97 Å². The number of hydrogen-bond donors (Lipinski definition) is 3. The van der Waals surface area contributed by atoms with E-state index in [1.165, 1.54) is 0 Å². The summed E-state index contributed by atoms with van der Waals surface area (Å²) in [5.41, 5.74) is 12.2. The molecule has 0 atom stereocenters. The Labute approximate surface area is 150 Å². The van der Waals surface area contributed by atoms with Crippen LogP contribution in [0.25, 0.3) is 6.08 Å². The number of hydrazone groups is 1.